The van der Waals surface area contributed by atoms with E-state index in [2.05, 4.69) is 30.1 Å². The first-order valence-corrected chi connectivity index (χ1v) is 8.07. The minimum absolute atomic E-state index is 0.0177. The van der Waals surface area contributed by atoms with Crippen LogP contribution in [-0.2, 0) is 0 Å². The van der Waals surface area contributed by atoms with E-state index in [1.165, 1.54) is 45.2 Å². The zero-order valence-electron chi connectivity index (χ0n) is 12.6. The maximum Gasteiger partial charge on any atom is 0.0967 e. The molecule has 0 aromatic rings. The molecule has 2 rings (SSSR count). The number of hydrogen-bond donors (Lipinski definition) is 1. The van der Waals surface area contributed by atoms with Gasteiger partial charge in [0.1, 0.15) is 0 Å². The maximum absolute atomic E-state index is 9.16. The van der Waals surface area contributed by atoms with Crippen molar-refractivity contribution in [1.29, 1.82) is 5.26 Å². The first kappa shape index (κ1) is 14.8. The van der Waals surface area contributed by atoms with Crippen molar-refractivity contribution >= 4 is 0 Å². The third-order valence-electron chi connectivity index (χ3n) is 4.80. The number of likely N-dealkylation sites (tertiary alicyclic amines) is 1. The standard InChI is InChI=1S/C16H29N3/c1-13(2)18-16(11-17)8-10-19-9-7-14-5-3-4-6-15(14)12-19/h13-16,18H,3-10,12H2,1-2H3. The highest BCUT2D eigenvalue weighted by atomic mass is 15.1. The molecular formula is C16H29N3. The van der Waals surface area contributed by atoms with Crippen LogP contribution in [-0.4, -0.2) is 36.6 Å². The smallest absolute Gasteiger partial charge is 0.0967 e. The molecule has 0 aromatic carbocycles. The summed E-state index contributed by atoms with van der Waals surface area (Å²) in [5, 5.41) is 12.5. The van der Waals surface area contributed by atoms with Gasteiger partial charge in [0.15, 0.2) is 0 Å². The Morgan fingerprint density at radius 3 is 2.63 bits per heavy atom. The number of fused-ring (bicyclic) bond motifs is 1. The van der Waals surface area contributed by atoms with Gasteiger partial charge < -0.3 is 4.90 Å². The van der Waals surface area contributed by atoms with Gasteiger partial charge in [-0.1, -0.05) is 19.3 Å². The van der Waals surface area contributed by atoms with E-state index < -0.39 is 0 Å². The van der Waals surface area contributed by atoms with E-state index in [0.717, 1.165) is 24.8 Å². The Morgan fingerprint density at radius 1 is 1.21 bits per heavy atom. The minimum Gasteiger partial charge on any atom is -0.303 e. The van der Waals surface area contributed by atoms with Gasteiger partial charge in [-0.05, 0) is 51.5 Å². The second-order valence-corrected chi connectivity index (χ2v) is 6.69. The monoisotopic (exact) mass is 263 g/mol. The Kier molecular flexibility index (Phi) is 5.66. The molecule has 1 saturated carbocycles. The van der Waals surface area contributed by atoms with Crippen molar-refractivity contribution < 1.29 is 0 Å². The van der Waals surface area contributed by atoms with Crippen LogP contribution in [0.2, 0.25) is 0 Å². The highest BCUT2D eigenvalue weighted by molar-refractivity contribution is 4.92. The van der Waals surface area contributed by atoms with E-state index in [9.17, 15) is 0 Å². The fourth-order valence-corrected chi connectivity index (χ4v) is 3.78. The highest BCUT2D eigenvalue weighted by Crippen LogP contribution is 2.35. The first-order chi connectivity index (χ1) is 9.19. The van der Waals surface area contributed by atoms with E-state index in [0.29, 0.717) is 6.04 Å². The normalized spacial score (nSPS) is 29.8. The summed E-state index contributed by atoms with van der Waals surface area (Å²) in [6, 6.07) is 2.81. The summed E-state index contributed by atoms with van der Waals surface area (Å²) in [7, 11) is 0. The molecule has 1 heterocycles. The average Bonchev–Trinajstić information content (AvgIpc) is 2.42. The van der Waals surface area contributed by atoms with Crippen molar-refractivity contribution in [2.24, 2.45) is 11.8 Å². The largest absolute Gasteiger partial charge is 0.303 e. The van der Waals surface area contributed by atoms with Gasteiger partial charge in [-0.2, -0.15) is 5.26 Å². The van der Waals surface area contributed by atoms with Gasteiger partial charge in [-0.3, -0.25) is 5.32 Å². The summed E-state index contributed by atoms with van der Waals surface area (Å²) in [5.41, 5.74) is 0. The SMILES string of the molecule is CC(C)NC(C#N)CCN1CCC2CCCCC2C1. The van der Waals surface area contributed by atoms with Crippen LogP contribution >= 0.6 is 0 Å². The molecule has 3 atom stereocenters. The lowest BCUT2D eigenvalue weighted by molar-refractivity contribution is 0.0849. The number of piperidine rings is 1. The van der Waals surface area contributed by atoms with Crippen LogP contribution in [0.15, 0.2) is 0 Å². The summed E-state index contributed by atoms with van der Waals surface area (Å²) in [4.78, 5) is 2.60. The number of nitriles is 1. The lowest BCUT2D eigenvalue weighted by atomic mass is 9.75. The van der Waals surface area contributed by atoms with Crippen molar-refractivity contribution in [3.8, 4) is 6.07 Å². The number of nitrogens with zero attached hydrogens (tertiary/aromatic N) is 2. The zero-order valence-corrected chi connectivity index (χ0v) is 12.6. The molecule has 1 saturated heterocycles. The summed E-state index contributed by atoms with van der Waals surface area (Å²) in [5.74, 6) is 1.95. The summed E-state index contributed by atoms with van der Waals surface area (Å²) < 4.78 is 0. The van der Waals surface area contributed by atoms with E-state index in [1.54, 1.807) is 0 Å². The molecule has 1 aliphatic heterocycles. The molecule has 3 nitrogen and oxygen atoms in total. The predicted molar refractivity (Wildman–Crippen MR) is 78.8 cm³/mol. The minimum atomic E-state index is 0.0177. The maximum atomic E-state index is 9.16. The second-order valence-electron chi connectivity index (χ2n) is 6.69. The lowest BCUT2D eigenvalue weighted by Gasteiger charge is -2.41. The molecule has 0 bridgehead atoms. The predicted octanol–water partition coefficient (Wildman–Crippen LogP) is 2.78. The molecule has 0 aromatic heterocycles. The first-order valence-electron chi connectivity index (χ1n) is 8.07. The van der Waals surface area contributed by atoms with E-state index >= 15 is 0 Å². The molecule has 3 unspecified atom stereocenters. The molecule has 108 valence electrons. The quantitative estimate of drug-likeness (QED) is 0.829. The molecule has 0 radical (unpaired) electrons. The summed E-state index contributed by atoms with van der Waals surface area (Å²) in [6.07, 6.45) is 8.15. The Bertz CT molecular complexity index is 308. The van der Waals surface area contributed by atoms with Crippen LogP contribution in [0.25, 0.3) is 0 Å². The van der Waals surface area contributed by atoms with Gasteiger partial charge in [0.2, 0.25) is 0 Å². The van der Waals surface area contributed by atoms with E-state index in [4.69, 9.17) is 5.26 Å². The van der Waals surface area contributed by atoms with Crippen LogP contribution in [0.4, 0.5) is 0 Å². The van der Waals surface area contributed by atoms with Crippen LogP contribution < -0.4 is 5.32 Å². The van der Waals surface area contributed by atoms with Gasteiger partial charge in [-0.25, -0.2) is 0 Å². The molecule has 0 amide bonds. The molecular weight excluding hydrogens is 234 g/mol. The van der Waals surface area contributed by atoms with Gasteiger partial charge in [-0.15, -0.1) is 0 Å². The van der Waals surface area contributed by atoms with Crippen LogP contribution in [0, 0.1) is 23.2 Å². The molecule has 3 heteroatoms. The van der Waals surface area contributed by atoms with Crippen molar-refractivity contribution in [3.05, 3.63) is 0 Å². The molecule has 1 N–H and O–H groups in total. The van der Waals surface area contributed by atoms with Crippen LogP contribution in [0.5, 0.6) is 0 Å². The summed E-state index contributed by atoms with van der Waals surface area (Å²) >= 11 is 0. The van der Waals surface area contributed by atoms with Gasteiger partial charge >= 0.3 is 0 Å². The Balaban J connectivity index is 1.73. The molecule has 0 spiro atoms. The molecule has 2 aliphatic rings. The van der Waals surface area contributed by atoms with Gasteiger partial charge in [0.05, 0.1) is 12.1 Å². The van der Waals surface area contributed by atoms with Gasteiger partial charge in [0, 0.05) is 19.1 Å². The topological polar surface area (TPSA) is 39.1 Å². The summed E-state index contributed by atoms with van der Waals surface area (Å²) in [6.45, 7) is 7.84. The van der Waals surface area contributed by atoms with Crippen molar-refractivity contribution in [1.82, 2.24) is 10.2 Å². The number of hydrogen-bond acceptors (Lipinski definition) is 3. The Hall–Kier alpha value is -0.590. The number of rotatable bonds is 5. The van der Waals surface area contributed by atoms with E-state index in [1.807, 2.05) is 0 Å². The van der Waals surface area contributed by atoms with E-state index in [-0.39, 0.29) is 6.04 Å². The van der Waals surface area contributed by atoms with Crippen molar-refractivity contribution in [2.45, 2.75) is 64.5 Å². The lowest BCUT2D eigenvalue weighted by Crippen LogP contribution is -2.44. The fraction of sp³-hybridized carbons (Fsp3) is 0.938. The Labute approximate surface area is 118 Å². The van der Waals surface area contributed by atoms with Gasteiger partial charge in [0.25, 0.3) is 0 Å². The number of nitrogens with one attached hydrogen (secondary N) is 1. The average molecular weight is 263 g/mol. The highest BCUT2D eigenvalue weighted by Gasteiger charge is 2.30. The zero-order chi connectivity index (χ0) is 13.7. The van der Waals surface area contributed by atoms with Crippen molar-refractivity contribution in [3.63, 3.8) is 0 Å². The second kappa shape index (κ2) is 7.26. The van der Waals surface area contributed by atoms with Crippen LogP contribution in [0.3, 0.4) is 0 Å². The molecule has 1 aliphatic carbocycles. The third-order valence-corrected chi connectivity index (χ3v) is 4.80. The van der Waals surface area contributed by atoms with Crippen molar-refractivity contribution in [2.75, 3.05) is 19.6 Å². The molecule has 2 fully saturated rings. The van der Waals surface area contributed by atoms with Crippen LogP contribution in [0.1, 0.15) is 52.4 Å². The fourth-order valence-electron chi connectivity index (χ4n) is 3.78. The third kappa shape index (κ3) is 4.47. The molecule has 19 heavy (non-hydrogen) atoms. The Morgan fingerprint density at radius 2 is 1.95 bits per heavy atom.